The van der Waals surface area contributed by atoms with E-state index in [0.717, 1.165) is 12.8 Å². The third-order valence-corrected chi connectivity index (χ3v) is 5.41. The summed E-state index contributed by atoms with van der Waals surface area (Å²) in [6.07, 6.45) is 11.9. The van der Waals surface area contributed by atoms with Gasteiger partial charge in [-0.15, -0.1) is 0 Å². The molecule has 164 valence electrons. The van der Waals surface area contributed by atoms with E-state index in [4.69, 9.17) is 16.3 Å². The van der Waals surface area contributed by atoms with Gasteiger partial charge in [-0.2, -0.15) is 0 Å². The minimum atomic E-state index is -0.506. The molecule has 0 saturated carbocycles. The summed E-state index contributed by atoms with van der Waals surface area (Å²) >= 11 is 5.61. The Morgan fingerprint density at radius 1 is 0.815 bits per heavy atom. The molecule has 0 rings (SSSR count). The predicted octanol–water partition coefficient (Wildman–Crippen LogP) is 6.15. The molecule has 1 atom stereocenters. The molecule has 0 saturated heterocycles. The summed E-state index contributed by atoms with van der Waals surface area (Å²) in [7, 11) is 3.25. The van der Waals surface area contributed by atoms with Crippen molar-refractivity contribution in [2.24, 2.45) is 0 Å². The van der Waals surface area contributed by atoms with E-state index in [2.05, 4.69) is 25.5 Å². The summed E-state index contributed by atoms with van der Waals surface area (Å²) in [5, 5.41) is 0. The highest BCUT2D eigenvalue weighted by molar-refractivity contribution is 6.19. The zero-order valence-corrected chi connectivity index (χ0v) is 19.8. The predicted molar refractivity (Wildman–Crippen MR) is 117 cm³/mol. The minimum absolute atomic E-state index is 0.168. The van der Waals surface area contributed by atoms with Crippen LogP contribution in [0.5, 0.6) is 0 Å². The average Bonchev–Trinajstić information content (AvgIpc) is 2.63. The first kappa shape index (κ1) is 28.9. The van der Waals surface area contributed by atoms with Crippen LogP contribution in [0, 0.1) is 0 Å². The summed E-state index contributed by atoms with van der Waals surface area (Å²) in [5.74, 6) is -0.168. The van der Waals surface area contributed by atoms with Gasteiger partial charge in [0, 0.05) is 20.6 Å². The third-order valence-electron chi connectivity index (χ3n) is 5.32. The van der Waals surface area contributed by atoms with Crippen molar-refractivity contribution < 1.29 is 18.8 Å². The highest BCUT2D eigenvalue weighted by Crippen LogP contribution is 2.14. The van der Waals surface area contributed by atoms with E-state index >= 15 is 0 Å². The van der Waals surface area contributed by atoms with E-state index in [0.29, 0.717) is 6.42 Å². The molecular formula is C22H47ClNO3+. The molecule has 0 bridgehead atoms. The topological polar surface area (TPSA) is 35.5 Å². The lowest BCUT2D eigenvalue weighted by Crippen LogP contribution is -2.48. The van der Waals surface area contributed by atoms with Gasteiger partial charge in [-0.3, -0.25) is 4.79 Å². The second-order valence-electron chi connectivity index (χ2n) is 7.39. The smallest absolute Gasteiger partial charge is 0.307 e. The maximum atomic E-state index is 11.3. The van der Waals surface area contributed by atoms with Crippen LogP contribution in [0.25, 0.3) is 0 Å². The number of carbonyl (C=O) groups is 1. The zero-order valence-electron chi connectivity index (χ0n) is 19.0. The monoisotopic (exact) mass is 408 g/mol. The molecule has 5 heteroatoms. The van der Waals surface area contributed by atoms with Crippen molar-refractivity contribution in [3.05, 3.63) is 0 Å². The lowest BCUT2D eigenvalue weighted by molar-refractivity contribution is -0.923. The van der Waals surface area contributed by atoms with E-state index in [1.165, 1.54) is 75.6 Å². The second kappa shape index (κ2) is 20.4. The summed E-state index contributed by atoms with van der Waals surface area (Å²) < 4.78 is 10.4. The number of esters is 1. The number of halogens is 1. The second-order valence-corrected chi connectivity index (χ2v) is 8.00. The molecule has 0 radical (unpaired) electrons. The van der Waals surface area contributed by atoms with Gasteiger partial charge in [0.05, 0.1) is 26.2 Å². The molecule has 0 fully saturated rings. The van der Waals surface area contributed by atoms with Crippen LogP contribution in [-0.2, 0) is 14.3 Å². The van der Waals surface area contributed by atoms with Gasteiger partial charge in [0.1, 0.15) is 0 Å². The van der Waals surface area contributed by atoms with Gasteiger partial charge in [0.25, 0.3) is 0 Å². The van der Waals surface area contributed by atoms with Crippen LogP contribution in [0.3, 0.4) is 0 Å². The van der Waals surface area contributed by atoms with Crippen LogP contribution in [-0.4, -0.2) is 56.4 Å². The Morgan fingerprint density at radius 3 is 1.56 bits per heavy atom. The van der Waals surface area contributed by atoms with Crippen molar-refractivity contribution in [3.8, 4) is 0 Å². The first-order valence-corrected chi connectivity index (χ1v) is 11.4. The zero-order chi connectivity index (χ0) is 21.0. The van der Waals surface area contributed by atoms with Crippen LogP contribution in [0.1, 0.15) is 91.9 Å². The normalized spacial score (nSPS) is 12.3. The third kappa shape index (κ3) is 18.8. The van der Waals surface area contributed by atoms with E-state index in [1.807, 2.05) is 0 Å². The maximum absolute atomic E-state index is 11.3. The SMILES string of the molecule is CC[N+](CC)(CC)CCCCCCCCCCCC(=O)OC(C)Cl.COC. The number of hydrogen-bond acceptors (Lipinski definition) is 3. The van der Waals surface area contributed by atoms with Gasteiger partial charge in [0.2, 0.25) is 0 Å². The number of nitrogens with zero attached hydrogens (tertiary/aromatic N) is 1. The van der Waals surface area contributed by atoms with E-state index in [1.54, 1.807) is 21.1 Å². The first-order chi connectivity index (χ1) is 12.9. The fourth-order valence-corrected chi connectivity index (χ4v) is 3.44. The van der Waals surface area contributed by atoms with Crippen LogP contribution < -0.4 is 0 Å². The summed E-state index contributed by atoms with van der Waals surface area (Å²) in [5.41, 5.74) is -0.506. The number of unbranched alkanes of at least 4 members (excludes halogenated alkanes) is 8. The molecule has 0 aliphatic heterocycles. The Morgan fingerprint density at radius 2 is 1.19 bits per heavy atom. The molecule has 0 spiro atoms. The molecule has 0 N–H and O–H groups in total. The minimum Gasteiger partial charge on any atom is -0.446 e. The quantitative estimate of drug-likeness (QED) is 0.133. The van der Waals surface area contributed by atoms with Crippen LogP contribution >= 0.6 is 11.6 Å². The Hall–Kier alpha value is -0.320. The molecule has 0 aliphatic rings. The van der Waals surface area contributed by atoms with Crippen molar-refractivity contribution in [1.82, 2.24) is 0 Å². The van der Waals surface area contributed by atoms with Gasteiger partial charge in [-0.05, 0) is 47.0 Å². The molecule has 0 aromatic rings. The van der Waals surface area contributed by atoms with Gasteiger partial charge < -0.3 is 14.0 Å². The maximum Gasteiger partial charge on any atom is 0.307 e. The van der Waals surface area contributed by atoms with Crippen molar-refractivity contribution >= 4 is 17.6 Å². The largest absolute Gasteiger partial charge is 0.446 e. The molecule has 0 aromatic heterocycles. The fourth-order valence-electron chi connectivity index (χ4n) is 3.34. The molecule has 0 aromatic carbocycles. The Bertz CT molecular complexity index is 312. The van der Waals surface area contributed by atoms with Gasteiger partial charge in [-0.25, -0.2) is 0 Å². The number of rotatable bonds is 16. The van der Waals surface area contributed by atoms with Crippen molar-refractivity contribution in [2.75, 3.05) is 40.4 Å². The summed E-state index contributed by atoms with van der Waals surface area (Å²) in [4.78, 5) is 11.3. The Kier molecular flexibility index (Phi) is 21.8. The average molecular weight is 409 g/mol. The molecule has 0 amide bonds. The fraction of sp³-hybridized carbons (Fsp3) is 0.955. The van der Waals surface area contributed by atoms with E-state index in [9.17, 15) is 4.79 Å². The van der Waals surface area contributed by atoms with E-state index in [-0.39, 0.29) is 5.97 Å². The van der Waals surface area contributed by atoms with E-state index < -0.39 is 5.56 Å². The number of quaternary nitrogens is 1. The van der Waals surface area contributed by atoms with Crippen molar-refractivity contribution in [1.29, 1.82) is 0 Å². The standard InChI is InChI=1S/C20H41ClNO2.C2H6O/c1-5-22(6-2,7-3)18-16-14-12-10-8-9-11-13-15-17-20(23)24-19(4)21;1-3-2/h19H,5-18H2,1-4H3;1-2H3/q+1;. The number of carbonyl (C=O) groups excluding carboxylic acids is 1. The molecular weight excluding hydrogens is 362 g/mol. The van der Waals surface area contributed by atoms with Gasteiger partial charge in [0.15, 0.2) is 5.56 Å². The first-order valence-electron chi connectivity index (χ1n) is 11.0. The van der Waals surface area contributed by atoms with Crippen molar-refractivity contribution in [2.45, 2.75) is 97.5 Å². The molecule has 0 aliphatic carbocycles. The van der Waals surface area contributed by atoms with Crippen LogP contribution in [0.2, 0.25) is 0 Å². The number of methoxy groups -OCH3 is 1. The number of hydrogen-bond donors (Lipinski definition) is 0. The van der Waals surface area contributed by atoms with Crippen molar-refractivity contribution in [3.63, 3.8) is 0 Å². The Balaban J connectivity index is 0. The molecule has 0 heterocycles. The number of alkyl halides is 1. The lowest BCUT2D eigenvalue weighted by Gasteiger charge is -2.35. The Labute approximate surface area is 174 Å². The molecule has 1 unspecified atom stereocenters. The number of ether oxygens (including phenoxy) is 2. The highest BCUT2D eigenvalue weighted by atomic mass is 35.5. The van der Waals surface area contributed by atoms with Gasteiger partial charge in [-0.1, -0.05) is 50.1 Å². The summed E-state index contributed by atoms with van der Waals surface area (Å²) in [6.45, 7) is 13.8. The summed E-state index contributed by atoms with van der Waals surface area (Å²) in [6, 6.07) is 0. The van der Waals surface area contributed by atoms with Crippen LogP contribution in [0.15, 0.2) is 0 Å². The lowest BCUT2D eigenvalue weighted by atomic mass is 10.1. The van der Waals surface area contributed by atoms with Gasteiger partial charge >= 0.3 is 5.97 Å². The highest BCUT2D eigenvalue weighted by Gasteiger charge is 2.19. The molecule has 4 nitrogen and oxygen atoms in total. The molecule has 27 heavy (non-hydrogen) atoms. The van der Waals surface area contributed by atoms with Crippen LogP contribution in [0.4, 0.5) is 0 Å².